The number of rotatable bonds is 4. The lowest BCUT2D eigenvalue weighted by Crippen LogP contribution is -2.43. The molecule has 1 amide bonds. The van der Waals surface area contributed by atoms with Crippen molar-refractivity contribution in [2.45, 2.75) is 30.0 Å². The number of anilines is 1. The van der Waals surface area contributed by atoms with Crippen molar-refractivity contribution in [3.8, 4) is 0 Å². The predicted octanol–water partition coefficient (Wildman–Crippen LogP) is 4.15. The minimum Gasteiger partial charge on any atom is -0.325 e. The first kappa shape index (κ1) is 20.6. The monoisotopic (exact) mass is 432 g/mol. The molecule has 1 saturated heterocycles. The molecule has 1 fully saturated rings. The van der Waals surface area contributed by atoms with Gasteiger partial charge in [-0.25, -0.2) is 8.42 Å². The van der Waals surface area contributed by atoms with Crippen molar-refractivity contribution >= 4 is 33.2 Å². The number of halogens is 4. The Morgan fingerprint density at radius 3 is 2.46 bits per heavy atom. The zero-order valence-electron chi connectivity index (χ0n) is 14.4. The second-order valence-corrected chi connectivity index (χ2v) is 8.62. The summed E-state index contributed by atoms with van der Waals surface area (Å²) in [6.45, 7) is 0.144. The van der Waals surface area contributed by atoms with Crippen LogP contribution in [0.25, 0.3) is 0 Å². The predicted molar refractivity (Wildman–Crippen MR) is 98.4 cm³/mol. The van der Waals surface area contributed by atoms with Gasteiger partial charge < -0.3 is 5.32 Å². The number of carbonyl (C=O) groups excluding carboxylic acids is 1. The number of amides is 1. The van der Waals surface area contributed by atoms with Gasteiger partial charge in [0.2, 0.25) is 15.9 Å². The zero-order chi connectivity index (χ0) is 20.5. The first-order valence-electron chi connectivity index (χ1n) is 8.34. The first-order chi connectivity index (χ1) is 13.1. The van der Waals surface area contributed by atoms with E-state index in [1.165, 1.54) is 36.4 Å². The standard InChI is InChI=1S/C18H16ClF3N2O3S/c19-13-6-8-15(9-7-13)28(26,27)24-10-2-5-16(24)17(25)23-14-4-1-3-12(11-14)18(20,21)22/h1,3-4,6-9,11,16H,2,5,10H2,(H,23,25). The zero-order valence-corrected chi connectivity index (χ0v) is 16.0. The second-order valence-electron chi connectivity index (χ2n) is 6.30. The van der Waals surface area contributed by atoms with Gasteiger partial charge in [0, 0.05) is 17.3 Å². The van der Waals surface area contributed by atoms with Crippen LogP contribution in [0.1, 0.15) is 18.4 Å². The van der Waals surface area contributed by atoms with Crippen LogP contribution >= 0.6 is 11.6 Å². The number of sulfonamides is 1. The highest BCUT2D eigenvalue weighted by atomic mass is 35.5. The Labute approximate surface area is 165 Å². The van der Waals surface area contributed by atoms with E-state index in [2.05, 4.69) is 5.32 Å². The Kier molecular flexibility index (Phi) is 5.69. The van der Waals surface area contributed by atoms with Gasteiger partial charge in [-0.2, -0.15) is 17.5 Å². The van der Waals surface area contributed by atoms with Gasteiger partial charge in [-0.05, 0) is 55.3 Å². The smallest absolute Gasteiger partial charge is 0.325 e. The lowest BCUT2D eigenvalue weighted by molar-refractivity contribution is -0.137. The molecule has 5 nitrogen and oxygen atoms in total. The molecule has 1 atom stereocenters. The third kappa shape index (κ3) is 4.31. The van der Waals surface area contributed by atoms with E-state index in [1.807, 2.05) is 0 Å². The van der Waals surface area contributed by atoms with E-state index in [9.17, 15) is 26.4 Å². The van der Waals surface area contributed by atoms with Crippen molar-refractivity contribution in [2.75, 3.05) is 11.9 Å². The second kappa shape index (κ2) is 7.73. The number of alkyl halides is 3. The summed E-state index contributed by atoms with van der Waals surface area (Å²) < 4.78 is 65.3. The molecule has 1 aliphatic rings. The van der Waals surface area contributed by atoms with Crippen LogP contribution in [-0.2, 0) is 21.0 Å². The number of benzene rings is 2. The fourth-order valence-electron chi connectivity index (χ4n) is 3.03. The molecule has 0 bridgehead atoms. The van der Waals surface area contributed by atoms with E-state index in [-0.39, 0.29) is 23.5 Å². The largest absolute Gasteiger partial charge is 0.416 e. The lowest BCUT2D eigenvalue weighted by Gasteiger charge is -2.23. The molecule has 1 unspecified atom stereocenters. The molecular weight excluding hydrogens is 417 g/mol. The van der Waals surface area contributed by atoms with E-state index in [0.29, 0.717) is 11.4 Å². The molecule has 0 saturated carbocycles. The average Bonchev–Trinajstić information content (AvgIpc) is 3.12. The summed E-state index contributed by atoms with van der Waals surface area (Å²) in [6, 6.07) is 8.75. The van der Waals surface area contributed by atoms with E-state index in [4.69, 9.17) is 11.6 Å². The van der Waals surface area contributed by atoms with Gasteiger partial charge in [0.15, 0.2) is 0 Å². The van der Waals surface area contributed by atoms with Crippen LogP contribution in [0.5, 0.6) is 0 Å². The molecular formula is C18H16ClF3N2O3S. The van der Waals surface area contributed by atoms with Gasteiger partial charge in [-0.3, -0.25) is 4.79 Å². The summed E-state index contributed by atoms with van der Waals surface area (Å²) in [5.74, 6) is -0.672. The third-order valence-electron chi connectivity index (χ3n) is 4.38. The molecule has 0 spiro atoms. The van der Waals surface area contributed by atoms with Crippen LogP contribution in [-0.4, -0.2) is 31.2 Å². The molecule has 1 heterocycles. The maximum absolute atomic E-state index is 12.9. The van der Waals surface area contributed by atoms with Crippen molar-refractivity contribution in [3.05, 3.63) is 59.1 Å². The normalized spacial score (nSPS) is 18.2. The Balaban J connectivity index is 1.81. The summed E-state index contributed by atoms with van der Waals surface area (Å²) in [6.07, 6.45) is -3.80. The number of nitrogens with zero attached hydrogens (tertiary/aromatic N) is 1. The van der Waals surface area contributed by atoms with Gasteiger partial charge in [-0.1, -0.05) is 17.7 Å². The van der Waals surface area contributed by atoms with Crippen LogP contribution in [0.15, 0.2) is 53.4 Å². The van der Waals surface area contributed by atoms with Gasteiger partial charge in [0.25, 0.3) is 0 Å². The number of nitrogens with one attached hydrogen (secondary N) is 1. The van der Waals surface area contributed by atoms with Gasteiger partial charge in [-0.15, -0.1) is 0 Å². The van der Waals surface area contributed by atoms with Gasteiger partial charge >= 0.3 is 6.18 Å². The fourth-order valence-corrected chi connectivity index (χ4v) is 4.81. The van der Waals surface area contributed by atoms with E-state index < -0.39 is 33.7 Å². The molecule has 0 aromatic heterocycles. The van der Waals surface area contributed by atoms with Crippen LogP contribution in [0, 0.1) is 0 Å². The topological polar surface area (TPSA) is 66.5 Å². The number of hydrogen-bond donors (Lipinski definition) is 1. The number of carbonyl (C=O) groups is 1. The van der Waals surface area contributed by atoms with E-state index in [1.54, 1.807) is 0 Å². The Morgan fingerprint density at radius 2 is 1.82 bits per heavy atom. The van der Waals surface area contributed by atoms with Crippen molar-refractivity contribution in [3.63, 3.8) is 0 Å². The van der Waals surface area contributed by atoms with Gasteiger partial charge in [0.1, 0.15) is 6.04 Å². The van der Waals surface area contributed by atoms with Gasteiger partial charge in [0.05, 0.1) is 10.5 Å². The molecule has 28 heavy (non-hydrogen) atoms. The molecule has 2 aromatic carbocycles. The average molecular weight is 433 g/mol. The molecule has 1 N–H and O–H groups in total. The summed E-state index contributed by atoms with van der Waals surface area (Å²) in [4.78, 5) is 12.6. The summed E-state index contributed by atoms with van der Waals surface area (Å²) in [5, 5.41) is 2.77. The summed E-state index contributed by atoms with van der Waals surface area (Å²) in [5.41, 5.74) is -0.946. The minimum atomic E-state index is -4.54. The van der Waals surface area contributed by atoms with Crippen LogP contribution in [0.4, 0.5) is 18.9 Å². The van der Waals surface area contributed by atoms with Crippen LogP contribution in [0.2, 0.25) is 5.02 Å². The highest BCUT2D eigenvalue weighted by Gasteiger charge is 2.39. The number of hydrogen-bond acceptors (Lipinski definition) is 3. The maximum Gasteiger partial charge on any atom is 0.416 e. The van der Waals surface area contributed by atoms with E-state index >= 15 is 0 Å². The Morgan fingerprint density at radius 1 is 1.14 bits per heavy atom. The molecule has 150 valence electrons. The SMILES string of the molecule is O=C(Nc1cccc(C(F)(F)F)c1)C1CCCN1S(=O)(=O)c1ccc(Cl)cc1. The van der Waals surface area contributed by atoms with Crippen molar-refractivity contribution in [1.82, 2.24) is 4.31 Å². The quantitative estimate of drug-likeness (QED) is 0.789. The van der Waals surface area contributed by atoms with Crippen molar-refractivity contribution in [2.24, 2.45) is 0 Å². The highest BCUT2D eigenvalue weighted by Crippen LogP contribution is 2.31. The Bertz CT molecular complexity index is 978. The fraction of sp³-hybridized carbons (Fsp3) is 0.278. The molecule has 3 rings (SSSR count). The van der Waals surface area contributed by atoms with Crippen molar-refractivity contribution in [1.29, 1.82) is 0 Å². The third-order valence-corrected chi connectivity index (χ3v) is 6.56. The molecule has 0 aliphatic carbocycles. The van der Waals surface area contributed by atoms with Crippen molar-refractivity contribution < 1.29 is 26.4 Å². The highest BCUT2D eigenvalue weighted by molar-refractivity contribution is 7.89. The summed E-state index contributed by atoms with van der Waals surface area (Å²) in [7, 11) is -3.94. The molecule has 10 heteroatoms. The first-order valence-corrected chi connectivity index (χ1v) is 10.2. The molecule has 1 aliphatic heterocycles. The van der Waals surface area contributed by atoms with Crippen LogP contribution in [0.3, 0.4) is 0 Å². The Hall–Kier alpha value is -2.10. The molecule has 2 aromatic rings. The lowest BCUT2D eigenvalue weighted by atomic mass is 10.1. The maximum atomic E-state index is 12.9. The van der Waals surface area contributed by atoms with E-state index in [0.717, 1.165) is 16.4 Å². The minimum absolute atomic E-state index is 0.00401. The summed E-state index contributed by atoms with van der Waals surface area (Å²) >= 11 is 5.78. The molecule has 0 radical (unpaired) electrons. The van der Waals surface area contributed by atoms with Crippen LogP contribution < -0.4 is 5.32 Å².